The van der Waals surface area contributed by atoms with E-state index in [2.05, 4.69) is 0 Å². The van der Waals surface area contributed by atoms with Gasteiger partial charge < -0.3 is 55.1 Å². The Bertz CT molecular complexity index is 380. The molecule has 8 N–H and O–H groups in total. The van der Waals surface area contributed by atoms with Crippen LogP contribution in [-0.4, -0.2) is 115 Å². The van der Waals surface area contributed by atoms with E-state index in [0.717, 1.165) is 0 Å². The maximum atomic E-state index is 9.78. The first-order valence-electron chi connectivity index (χ1n) is 7.07. The summed E-state index contributed by atoms with van der Waals surface area (Å²) in [5.74, 6) is 0. The normalized spacial score (nSPS) is 51.7. The van der Waals surface area contributed by atoms with E-state index in [1.54, 1.807) is 0 Å². The first-order valence-corrected chi connectivity index (χ1v) is 7.07. The number of hydrogen-bond acceptors (Lipinski definition) is 11. The second-order valence-electron chi connectivity index (χ2n) is 5.57. The quantitative estimate of drug-likeness (QED) is 0.243. The van der Waals surface area contributed by atoms with Crippen LogP contribution >= 0.6 is 0 Å². The molecule has 0 saturated carbocycles. The van der Waals surface area contributed by atoms with Crippen molar-refractivity contribution >= 4 is 0 Å². The molecule has 0 aromatic carbocycles. The molecule has 23 heavy (non-hydrogen) atoms. The van der Waals surface area contributed by atoms with Crippen LogP contribution in [0.5, 0.6) is 0 Å². The molecule has 0 radical (unpaired) electrons. The van der Waals surface area contributed by atoms with Gasteiger partial charge in [0.1, 0.15) is 48.8 Å². The van der Waals surface area contributed by atoms with Crippen LogP contribution in [0.3, 0.4) is 0 Å². The Morgan fingerprint density at radius 2 is 1.22 bits per heavy atom. The lowest BCUT2D eigenvalue weighted by atomic mass is 9.98. The molecule has 0 unspecified atom stereocenters. The number of hydrogen-bond donors (Lipinski definition) is 8. The van der Waals surface area contributed by atoms with E-state index >= 15 is 0 Å². The Hall–Kier alpha value is -0.440. The Kier molecular flexibility index (Phi) is 6.27. The molecule has 10 atom stereocenters. The van der Waals surface area contributed by atoms with E-state index in [4.69, 9.17) is 19.3 Å². The zero-order valence-corrected chi connectivity index (χ0v) is 12.0. The highest BCUT2D eigenvalue weighted by Crippen LogP contribution is 2.24. The summed E-state index contributed by atoms with van der Waals surface area (Å²) in [5, 5.41) is 76.1. The van der Waals surface area contributed by atoms with Gasteiger partial charge in [0, 0.05) is 0 Å². The second-order valence-corrected chi connectivity index (χ2v) is 5.57. The molecular formula is C12H22O11. The number of aliphatic hydroxyl groups excluding tert-OH is 8. The maximum Gasteiger partial charge on any atom is 0.186 e. The van der Waals surface area contributed by atoms with E-state index in [0.29, 0.717) is 0 Å². The molecule has 2 aliphatic rings. The zero-order valence-electron chi connectivity index (χ0n) is 12.0. The average Bonchev–Trinajstić information content (AvgIpc) is 2.54. The van der Waals surface area contributed by atoms with Crippen molar-refractivity contribution in [2.45, 2.75) is 61.4 Å². The minimum Gasteiger partial charge on any atom is -0.394 e. The molecule has 136 valence electrons. The summed E-state index contributed by atoms with van der Waals surface area (Å²) in [4.78, 5) is 0. The van der Waals surface area contributed by atoms with Gasteiger partial charge in [0.15, 0.2) is 12.6 Å². The van der Waals surface area contributed by atoms with Crippen LogP contribution in [0.25, 0.3) is 0 Å². The topological polar surface area (TPSA) is 190 Å². The standard InChI is InChI=1S/C12H22O11/c13-1-3-5(14)8(17)10(19)12(23-3)21-2-4-6(15)7(16)9(18)11(20)22-4/h3-20H,1-2H2/t3-,4+,5-,6+,7-,8-,9+,10+,11+,12-/m1/s1. The molecule has 11 nitrogen and oxygen atoms in total. The van der Waals surface area contributed by atoms with Crippen molar-refractivity contribution in [1.82, 2.24) is 0 Å². The lowest BCUT2D eigenvalue weighted by Crippen LogP contribution is -2.61. The number of ether oxygens (including phenoxy) is 3. The summed E-state index contributed by atoms with van der Waals surface area (Å²) in [6.07, 6.45) is -15.3. The molecular weight excluding hydrogens is 320 g/mol. The van der Waals surface area contributed by atoms with Gasteiger partial charge in [-0.15, -0.1) is 0 Å². The van der Waals surface area contributed by atoms with Crippen LogP contribution in [0.2, 0.25) is 0 Å². The van der Waals surface area contributed by atoms with Crippen molar-refractivity contribution in [3.63, 3.8) is 0 Å². The average molecular weight is 342 g/mol. The van der Waals surface area contributed by atoms with Crippen LogP contribution in [0.4, 0.5) is 0 Å². The molecule has 0 aliphatic carbocycles. The summed E-state index contributed by atoms with van der Waals surface area (Å²) in [6.45, 7) is -1.10. The Morgan fingerprint density at radius 1 is 0.652 bits per heavy atom. The highest BCUT2D eigenvalue weighted by Gasteiger charge is 2.46. The first-order chi connectivity index (χ1) is 10.8. The van der Waals surface area contributed by atoms with E-state index < -0.39 is 74.6 Å². The lowest BCUT2D eigenvalue weighted by molar-refractivity contribution is -0.325. The molecule has 2 fully saturated rings. The molecule has 0 aromatic rings. The van der Waals surface area contributed by atoms with Crippen molar-refractivity contribution in [1.29, 1.82) is 0 Å². The lowest BCUT2D eigenvalue weighted by Gasteiger charge is -2.41. The molecule has 2 aliphatic heterocycles. The van der Waals surface area contributed by atoms with Crippen molar-refractivity contribution in [2.75, 3.05) is 13.2 Å². The Labute approximate surface area is 130 Å². The van der Waals surface area contributed by atoms with Crippen LogP contribution in [0.15, 0.2) is 0 Å². The molecule has 0 bridgehead atoms. The van der Waals surface area contributed by atoms with E-state index in [1.165, 1.54) is 0 Å². The molecule has 0 spiro atoms. The fourth-order valence-electron chi connectivity index (χ4n) is 2.46. The van der Waals surface area contributed by atoms with Crippen LogP contribution in [0, 0.1) is 0 Å². The van der Waals surface area contributed by atoms with Gasteiger partial charge in [0.05, 0.1) is 13.2 Å². The Morgan fingerprint density at radius 3 is 1.83 bits per heavy atom. The summed E-state index contributed by atoms with van der Waals surface area (Å²) in [6, 6.07) is 0. The van der Waals surface area contributed by atoms with Crippen molar-refractivity contribution in [3.8, 4) is 0 Å². The predicted octanol–water partition coefficient (Wildman–Crippen LogP) is -5.40. The van der Waals surface area contributed by atoms with Crippen LogP contribution in [0.1, 0.15) is 0 Å². The highest BCUT2D eigenvalue weighted by atomic mass is 16.7. The SMILES string of the molecule is OC[C@H]1O[C@@H](OC[C@@H]2O[C@H](O)[C@@H](O)[C@H](O)[C@H]2O)[C@@H](O)[C@H](O)[C@@H]1O. The summed E-state index contributed by atoms with van der Waals surface area (Å²) >= 11 is 0. The van der Waals surface area contributed by atoms with Gasteiger partial charge in [-0.3, -0.25) is 0 Å². The monoisotopic (exact) mass is 342 g/mol. The van der Waals surface area contributed by atoms with Gasteiger partial charge in [-0.2, -0.15) is 0 Å². The van der Waals surface area contributed by atoms with Crippen LogP contribution < -0.4 is 0 Å². The second kappa shape index (κ2) is 7.63. The van der Waals surface area contributed by atoms with Crippen LogP contribution in [-0.2, 0) is 14.2 Å². The molecule has 2 saturated heterocycles. The maximum absolute atomic E-state index is 9.78. The van der Waals surface area contributed by atoms with Gasteiger partial charge in [-0.05, 0) is 0 Å². The minimum atomic E-state index is -1.74. The minimum absolute atomic E-state index is 0.468. The molecule has 0 amide bonds. The molecule has 2 heterocycles. The molecule has 11 heteroatoms. The number of aliphatic hydroxyl groups is 8. The van der Waals surface area contributed by atoms with Crippen molar-refractivity contribution < 1.29 is 55.1 Å². The fourth-order valence-corrected chi connectivity index (χ4v) is 2.46. The van der Waals surface area contributed by atoms with E-state index in [1.807, 2.05) is 0 Å². The summed E-state index contributed by atoms with van der Waals surface area (Å²) in [5.41, 5.74) is 0. The Balaban J connectivity index is 1.94. The van der Waals surface area contributed by atoms with Gasteiger partial charge in [-0.1, -0.05) is 0 Å². The zero-order chi connectivity index (χ0) is 17.3. The fraction of sp³-hybridized carbons (Fsp3) is 1.00. The molecule has 2 rings (SSSR count). The predicted molar refractivity (Wildman–Crippen MR) is 68.6 cm³/mol. The van der Waals surface area contributed by atoms with Crippen molar-refractivity contribution in [3.05, 3.63) is 0 Å². The van der Waals surface area contributed by atoms with Gasteiger partial charge in [-0.25, -0.2) is 0 Å². The largest absolute Gasteiger partial charge is 0.394 e. The number of rotatable bonds is 4. The third-order valence-corrected chi connectivity index (χ3v) is 3.96. The van der Waals surface area contributed by atoms with Crippen molar-refractivity contribution in [2.24, 2.45) is 0 Å². The third-order valence-electron chi connectivity index (χ3n) is 3.96. The van der Waals surface area contributed by atoms with Gasteiger partial charge >= 0.3 is 0 Å². The third kappa shape index (κ3) is 3.81. The smallest absolute Gasteiger partial charge is 0.186 e. The first kappa shape index (κ1) is 18.9. The van der Waals surface area contributed by atoms with E-state index in [9.17, 15) is 35.7 Å². The van der Waals surface area contributed by atoms with Gasteiger partial charge in [0.2, 0.25) is 0 Å². The highest BCUT2D eigenvalue weighted by molar-refractivity contribution is 4.91. The summed E-state index contributed by atoms with van der Waals surface area (Å²) in [7, 11) is 0. The summed E-state index contributed by atoms with van der Waals surface area (Å²) < 4.78 is 15.1. The van der Waals surface area contributed by atoms with Gasteiger partial charge in [0.25, 0.3) is 0 Å². The molecule has 0 aromatic heterocycles. The van der Waals surface area contributed by atoms with E-state index in [-0.39, 0.29) is 0 Å².